The molecule has 2 heteroatoms. The first-order chi connectivity index (χ1) is 4.18. The van der Waals surface area contributed by atoms with E-state index in [1.165, 1.54) is 5.56 Å². The lowest BCUT2D eigenvalue weighted by Crippen LogP contribution is -1.85. The summed E-state index contributed by atoms with van der Waals surface area (Å²) >= 11 is 0. The topological polar surface area (TPSA) is 43.4 Å². The van der Waals surface area contributed by atoms with Crippen LogP contribution in [0.15, 0.2) is 12.1 Å². The van der Waals surface area contributed by atoms with Gasteiger partial charge in [-0.1, -0.05) is 0 Å². The van der Waals surface area contributed by atoms with Crippen molar-refractivity contribution in [1.29, 1.82) is 0 Å². The van der Waals surface area contributed by atoms with Gasteiger partial charge in [-0.15, -0.1) is 0 Å². The molecule has 1 aromatic heterocycles. The van der Waals surface area contributed by atoms with Crippen molar-refractivity contribution in [3.8, 4) is 0 Å². The normalized spacial score (nSPS) is 8.70. The lowest BCUT2D eigenvalue weighted by Gasteiger charge is -1.96. The zero-order valence-corrected chi connectivity index (χ0v) is 6.55. The minimum Gasteiger partial charge on any atom is -0.258 e. The maximum absolute atomic E-state index is 4.23. The van der Waals surface area contributed by atoms with Crippen molar-refractivity contribution >= 4 is 0 Å². The van der Waals surface area contributed by atoms with Crippen molar-refractivity contribution in [2.45, 2.75) is 20.8 Å². The molecule has 1 heterocycles. The van der Waals surface area contributed by atoms with Gasteiger partial charge in [0.05, 0.1) is 0 Å². The Morgan fingerprint density at radius 3 is 1.70 bits per heavy atom. The first-order valence-corrected chi connectivity index (χ1v) is 3.10. The third-order valence-corrected chi connectivity index (χ3v) is 1.23. The fourth-order valence-electron chi connectivity index (χ4n) is 1.04. The molecule has 0 aromatic carbocycles. The molecule has 0 saturated heterocycles. The molecule has 0 spiro atoms. The maximum Gasteiger partial charge on any atom is 0.0378 e. The van der Waals surface area contributed by atoms with Crippen LogP contribution in [0.1, 0.15) is 17.0 Å². The number of rotatable bonds is 0. The highest BCUT2D eigenvalue weighted by Gasteiger charge is 1.88. The van der Waals surface area contributed by atoms with Crippen molar-refractivity contribution < 1.29 is 0 Å². The van der Waals surface area contributed by atoms with Gasteiger partial charge in [-0.2, -0.15) is 0 Å². The molecule has 0 amide bonds. The van der Waals surface area contributed by atoms with Gasteiger partial charge in [0.15, 0.2) is 0 Å². The van der Waals surface area contributed by atoms with E-state index in [0.29, 0.717) is 0 Å². The van der Waals surface area contributed by atoms with E-state index in [4.69, 9.17) is 0 Å². The molecular weight excluding hydrogens is 124 g/mol. The van der Waals surface area contributed by atoms with E-state index in [9.17, 15) is 0 Å². The Balaban J connectivity index is 0.000000810. The standard InChI is InChI=1S/C8H11N.N/c1-6-4-7(2)9-8(3)5-6;/h4-5H,1-3H3;. The monoisotopic (exact) mass is 135 g/mol. The summed E-state index contributed by atoms with van der Waals surface area (Å²) in [6.45, 7) is 6.11. The van der Waals surface area contributed by atoms with Crippen LogP contribution >= 0.6 is 0 Å². The SMILES string of the molecule is Cc1cc(C)nc(C)c1.[N]. The second kappa shape index (κ2) is 3.32. The highest BCUT2D eigenvalue weighted by Crippen LogP contribution is 2.01. The molecule has 0 atom stereocenters. The number of hydrogen-bond acceptors (Lipinski definition) is 1. The van der Waals surface area contributed by atoms with Gasteiger partial charge in [0.1, 0.15) is 0 Å². The van der Waals surface area contributed by atoms with Crippen LogP contribution in [0.5, 0.6) is 0 Å². The quantitative estimate of drug-likeness (QED) is 0.532. The van der Waals surface area contributed by atoms with Gasteiger partial charge < -0.3 is 0 Å². The first-order valence-electron chi connectivity index (χ1n) is 3.10. The number of aryl methyl sites for hydroxylation is 3. The second-order valence-electron chi connectivity index (χ2n) is 2.43. The molecule has 0 aliphatic carbocycles. The summed E-state index contributed by atoms with van der Waals surface area (Å²) in [5, 5.41) is 0. The predicted molar refractivity (Wildman–Crippen MR) is 40.6 cm³/mol. The minimum absolute atomic E-state index is 0. The molecule has 0 aliphatic heterocycles. The summed E-state index contributed by atoms with van der Waals surface area (Å²) in [6.07, 6.45) is 0. The van der Waals surface area contributed by atoms with Gasteiger partial charge >= 0.3 is 0 Å². The Labute approximate surface area is 61.9 Å². The second-order valence-corrected chi connectivity index (χ2v) is 2.43. The van der Waals surface area contributed by atoms with Crippen molar-refractivity contribution in [2.75, 3.05) is 0 Å². The number of nitrogens with zero attached hydrogens (tertiary/aromatic N) is 2. The van der Waals surface area contributed by atoms with Gasteiger partial charge in [0, 0.05) is 17.5 Å². The van der Waals surface area contributed by atoms with Crippen LogP contribution < -0.4 is 6.15 Å². The van der Waals surface area contributed by atoms with E-state index < -0.39 is 0 Å². The van der Waals surface area contributed by atoms with Crippen LogP contribution in [0.3, 0.4) is 0 Å². The molecule has 0 saturated carbocycles. The fraction of sp³-hybridized carbons (Fsp3) is 0.375. The Morgan fingerprint density at radius 2 is 1.40 bits per heavy atom. The summed E-state index contributed by atoms with van der Waals surface area (Å²) in [4.78, 5) is 4.23. The minimum atomic E-state index is 0. The third kappa shape index (κ3) is 2.15. The molecule has 3 radical (unpaired) electrons. The van der Waals surface area contributed by atoms with Crippen molar-refractivity contribution in [1.82, 2.24) is 11.1 Å². The summed E-state index contributed by atoms with van der Waals surface area (Å²) in [5.74, 6) is 0. The summed E-state index contributed by atoms with van der Waals surface area (Å²) in [5.41, 5.74) is 3.50. The largest absolute Gasteiger partial charge is 0.258 e. The first kappa shape index (κ1) is 9.11. The molecule has 0 bridgehead atoms. The van der Waals surface area contributed by atoms with Crippen molar-refractivity contribution in [3.05, 3.63) is 29.1 Å². The summed E-state index contributed by atoms with van der Waals surface area (Å²) in [7, 11) is 0. The highest BCUT2D eigenvalue weighted by molar-refractivity contribution is 5.18. The third-order valence-electron chi connectivity index (χ3n) is 1.23. The van der Waals surface area contributed by atoms with Crippen LogP contribution in [0.2, 0.25) is 0 Å². The van der Waals surface area contributed by atoms with Crippen molar-refractivity contribution in [2.24, 2.45) is 0 Å². The lowest BCUT2D eigenvalue weighted by atomic mass is 10.2. The molecule has 0 unspecified atom stereocenters. The molecule has 0 N–H and O–H groups in total. The van der Waals surface area contributed by atoms with Crippen LogP contribution in [0.25, 0.3) is 0 Å². The Kier molecular flexibility index (Phi) is 3.03. The van der Waals surface area contributed by atoms with Gasteiger partial charge in [-0.3, -0.25) is 4.98 Å². The summed E-state index contributed by atoms with van der Waals surface area (Å²) < 4.78 is 0. The van der Waals surface area contributed by atoms with Crippen LogP contribution in [-0.2, 0) is 0 Å². The van der Waals surface area contributed by atoms with E-state index in [1.54, 1.807) is 0 Å². The fourth-order valence-corrected chi connectivity index (χ4v) is 1.04. The molecule has 1 rings (SSSR count). The number of pyridine rings is 1. The number of hydrogen-bond donors (Lipinski definition) is 0. The Bertz CT molecular complexity index is 168. The van der Waals surface area contributed by atoms with E-state index in [2.05, 4.69) is 24.0 Å². The van der Waals surface area contributed by atoms with Crippen LogP contribution in [0, 0.1) is 20.8 Å². The zero-order valence-electron chi connectivity index (χ0n) is 6.55. The molecule has 2 nitrogen and oxygen atoms in total. The van der Waals surface area contributed by atoms with Crippen LogP contribution in [-0.4, -0.2) is 4.98 Å². The Hall–Kier alpha value is -0.890. The van der Waals surface area contributed by atoms with Gasteiger partial charge in [-0.05, 0) is 38.5 Å². The zero-order chi connectivity index (χ0) is 6.85. The van der Waals surface area contributed by atoms with E-state index in [0.717, 1.165) is 11.4 Å². The van der Waals surface area contributed by atoms with Crippen LogP contribution in [0.4, 0.5) is 0 Å². The molecular formula is C8H11N2. The average molecular weight is 135 g/mol. The Morgan fingerprint density at radius 1 is 1.00 bits per heavy atom. The molecule has 0 fully saturated rings. The molecule has 1 aromatic rings. The maximum atomic E-state index is 4.23. The molecule has 0 aliphatic rings. The van der Waals surface area contributed by atoms with E-state index in [-0.39, 0.29) is 6.15 Å². The molecule has 53 valence electrons. The predicted octanol–water partition coefficient (Wildman–Crippen LogP) is 1.53. The van der Waals surface area contributed by atoms with Gasteiger partial charge in [0.25, 0.3) is 0 Å². The summed E-state index contributed by atoms with van der Waals surface area (Å²) in [6, 6.07) is 4.15. The van der Waals surface area contributed by atoms with Gasteiger partial charge in [-0.25, -0.2) is 0 Å². The van der Waals surface area contributed by atoms with Gasteiger partial charge in [0.2, 0.25) is 0 Å². The lowest BCUT2D eigenvalue weighted by molar-refractivity contribution is 1.10. The highest BCUT2D eigenvalue weighted by atomic mass is 14.7. The van der Waals surface area contributed by atoms with Crippen molar-refractivity contribution in [3.63, 3.8) is 0 Å². The molecule has 10 heavy (non-hydrogen) atoms. The number of aromatic nitrogens is 1. The smallest absolute Gasteiger partial charge is 0.0378 e. The van der Waals surface area contributed by atoms with E-state index >= 15 is 0 Å². The average Bonchev–Trinajstić information content (AvgIpc) is 1.59. The van der Waals surface area contributed by atoms with E-state index in [1.807, 2.05) is 13.8 Å².